The molecule has 2 rings (SSSR count). The number of carboxylic acids is 1. The number of benzene rings is 2. The van der Waals surface area contributed by atoms with Gasteiger partial charge in [0.1, 0.15) is 0 Å². The highest BCUT2D eigenvalue weighted by Crippen LogP contribution is 2.18. The van der Waals surface area contributed by atoms with Gasteiger partial charge in [-0.1, -0.05) is 42.5 Å². The predicted octanol–water partition coefficient (Wildman–Crippen LogP) is 2.10. The van der Waals surface area contributed by atoms with Crippen LogP contribution in [-0.4, -0.2) is 17.0 Å². The Labute approximate surface area is 110 Å². The zero-order chi connectivity index (χ0) is 13.7. The van der Waals surface area contributed by atoms with Gasteiger partial charge >= 0.3 is 5.97 Å². The minimum Gasteiger partial charge on any atom is -0.478 e. The average molecular weight is 255 g/mol. The second kappa shape index (κ2) is 5.82. The molecule has 0 bridgehead atoms. The topological polar surface area (TPSA) is 66.4 Å². The van der Waals surface area contributed by atoms with Gasteiger partial charge in [-0.2, -0.15) is 0 Å². The molecule has 0 fully saturated rings. The molecule has 19 heavy (non-hydrogen) atoms. The molecule has 0 aliphatic carbocycles. The molecule has 0 aliphatic heterocycles. The second-order valence-electron chi connectivity index (χ2n) is 4.03. The Hall–Kier alpha value is -2.62. The second-order valence-corrected chi connectivity index (χ2v) is 4.03. The smallest absolute Gasteiger partial charge is 0.328 e. The molecule has 0 heterocycles. The van der Waals surface area contributed by atoms with Gasteiger partial charge in [0.15, 0.2) is 0 Å². The van der Waals surface area contributed by atoms with Crippen molar-refractivity contribution in [2.24, 2.45) is 0 Å². The van der Waals surface area contributed by atoms with Gasteiger partial charge in [-0.05, 0) is 16.3 Å². The first kappa shape index (κ1) is 12.8. The lowest BCUT2D eigenvalue weighted by atomic mass is 10.0. The third-order valence-electron chi connectivity index (χ3n) is 2.71. The van der Waals surface area contributed by atoms with Crippen LogP contribution in [-0.2, 0) is 16.1 Å². The number of rotatable bonds is 4. The Bertz CT molecular complexity index is 641. The summed E-state index contributed by atoms with van der Waals surface area (Å²) in [5.41, 5.74) is 0.996. The van der Waals surface area contributed by atoms with Crippen molar-refractivity contribution in [2.45, 2.75) is 6.54 Å². The summed E-state index contributed by atoms with van der Waals surface area (Å²) in [6.45, 7) is 0.365. The summed E-state index contributed by atoms with van der Waals surface area (Å²) in [4.78, 5) is 21.7. The fourth-order valence-corrected chi connectivity index (χ4v) is 1.83. The quantitative estimate of drug-likeness (QED) is 0.822. The monoisotopic (exact) mass is 255 g/mol. The van der Waals surface area contributed by atoms with Crippen molar-refractivity contribution < 1.29 is 14.7 Å². The van der Waals surface area contributed by atoms with Gasteiger partial charge in [-0.25, -0.2) is 4.79 Å². The zero-order valence-corrected chi connectivity index (χ0v) is 10.2. The Morgan fingerprint density at radius 3 is 2.58 bits per heavy atom. The molecule has 4 nitrogen and oxygen atoms in total. The fourth-order valence-electron chi connectivity index (χ4n) is 1.83. The lowest BCUT2D eigenvalue weighted by Crippen LogP contribution is -2.20. The van der Waals surface area contributed by atoms with Crippen LogP contribution in [0.25, 0.3) is 10.8 Å². The van der Waals surface area contributed by atoms with Gasteiger partial charge in [-0.15, -0.1) is 0 Å². The molecule has 0 aromatic heterocycles. The van der Waals surface area contributed by atoms with Gasteiger partial charge in [0.05, 0.1) is 0 Å². The van der Waals surface area contributed by atoms with Crippen LogP contribution in [0.3, 0.4) is 0 Å². The number of amides is 1. The van der Waals surface area contributed by atoms with Crippen LogP contribution in [0.4, 0.5) is 0 Å². The van der Waals surface area contributed by atoms with E-state index in [4.69, 9.17) is 5.11 Å². The van der Waals surface area contributed by atoms with Crippen LogP contribution in [0.15, 0.2) is 54.6 Å². The SMILES string of the molecule is O=C(O)C=CC(=O)NCc1cccc2ccccc12. The van der Waals surface area contributed by atoms with Crippen molar-refractivity contribution in [1.29, 1.82) is 0 Å². The maximum atomic E-state index is 11.4. The van der Waals surface area contributed by atoms with Crippen molar-refractivity contribution in [2.75, 3.05) is 0 Å². The molecular formula is C15H13NO3. The van der Waals surface area contributed by atoms with Crippen LogP contribution in [0.2, 0.25) is 0 Å². The summed E-state index contributed by atoms with van der Waals surface area (Å²) in [5, 5.41) is 13.3. The van der Waals surface area contributed by atoms with Gasteiger partial charge in [0.2, 0.25) is 5.91 Å². The predicted molar refractivity (Wildman–Crippen MR) is 72.6 cm³/mol. The first-order valence-corrected chi connectivity index (χ1v) is 5.82. The third-order valence-corrected chi connectivity index (χ3v) is 2.71. The average Bonchev–Trinajstić information content (AvgIpc) is 2.42. The minimum atomic E-state index is -1.14. The van der Waals surface area contributed by atoms with Gasteiger partial charge in [0.25, 0.3) is 0 Å². The Morgan fingerprint density at radius 1 is 1.05 bits per heavy atom. The van der Waals surface area contributed by atoms with Crippen LogP contribution in [0.1, 0.15) is 5.56 Å². The first-order chi connectivity index (χ1) is 9.16. The largest absolute Gasteiger partial charge is 0.478 e. The van der Waals surface area contributed by atoms with E-state index in [9.17, 15) is 9.59 Å². The third kappa shape index (κ3) is 3.42. The molecule has 96 valence electrons. The maximum absolute atomic E-state index is 11.4. The number of carbonyl (C=O) groups is 2. The molecule has 4 heteroatoms. The summed E-state index contributed by atoms with van der Waals surface area (Å²) in [7, 11) is 0. The van der Waals surface area contributed by atoms with Crippen molar-refractivity contribution >= 4 is 22.6 Å². The van der Waals surface area contributed by atoms with Crippen molar-refractivity contribution in [3.8, 4) is 0 Å². The Kier molecular flexibility index (Phi) is 3.93. The molecule has 2 aromatic carbocycles. The molecule has 0 saturated heterocycles. The van der Waals surface area contributed by atoms with Gasteiger partial charge in [0, 0.05) is 18.7 Å². The standard InChI is InChI=1S/C15H13NO3/c17-14(8-9-15(18)19)16-10-12-6-3-5-11-4-1-2-7-13(11)12/h1-9H,10H2,(H,16,17)(H,18,19). The number of hydrogen-bond donors (Lipinski definition) is 2. The summed E-state index contributed by atoms with van der Waals surface area (Å²) < 4.78 is 0. The first-order valence-electron chi connectivity index (χ1n) is 5.82. The van der Waals surface area contributed by atoms with E-state index in [1.165, 1.54) is 0 Å². The van der Waals surface area contributed by atoms with E-state index in [1.54, 1.807) is 0 Å². The van der Waals surface area contributed by atoms with E-state index in [1.807, 2.05) is 42.5 Å². The Balaban J connectivity index is 2.10. The number of carbonyl (C=O) groups excluding carboxylic acids is 1. The Morgan fingerprint density at radius 2 is 1.79 bits per heavy atom. The van der Waals surface area contributed by atoms with Crippen molar-refractivity contribution in [3.63, 3.8) is 0 Å². The van der Waals surface area contributed by atoms with Crippen LogP contribution in [0, 0.1) is 0 Å². The molecule has 0 unspecified atom stereocenters. The van der Waals surface area contributed by atoms with E-state index in [0.29, 0.717) is 6.54 Å². The molecule has 0 radical (unpaired) electrons. The van der Waals surface area contributed by atoms with E-state index in [2.05, 4.69) is 5.32 Å². The number of aliphatic carboxylic acids is 1. The molecular weight excluding hydrogens is 242 g/mol. The van der Waals surface area contributed by atoms with E-state index >= 15 is 0 Å². The lowest BCUT2D eigenvalue weighted by Gasteiger charge is -2.06. The van der Waals surface area contributed by atoms with Crippen LogP contribution in [0.5, 0.6) is 0 Å². The molecule has 2 N–H and O–H groups in total. The van der Waals surface area contributed by atoms with Crippen LogP contribution >= 0.6 is 0 Å². The number of hydrogen-bond acceptors (Lipinski definition) is 2. The van der Waals surface area contributed by atoms with Gasteiger partial charge in [-0.3, -0.25) is 4.79 Å². The van der Waals surface area contributed by atoms with E-state index in [-0.39, 0.29) is 0 Å². The molecule has 0 saturated carbocycles. The van der Waals surface area contributed by atoms with Crippen molar-refractivity contribution in [1.82, 2.24) is 5.32 Å². The lowest BCUT2D eigenvalue weighted by molar-refractivity contribution is -0.131. The maximum Gasteiger partial charge on any atom is 0.328 e. The minimum absolute atomic E-state index is 0.365. The van der Waals surface area contributed by atoms with Crippen molar-refractivity contribution in [3.05, 3.63) is 60.2 Å². The highest BCUT2D eigenvalue weighted by Gasteiger charge is 2.02. The highest BCUT2D eigenvalue weighted by atomic mass is 16.4. The fraction of sp³-hybridized carbons (Fsp3) is 0.0667. The van der Waals surface area contributed by atoms with Gasteiger partial charge < -0.3 is 10.4 Å². The summed E-state index contributed by atoms with van der Waals surface area (Å²) in [5.74, 6) is -1.56. The molecule has 0 atom stereocenters. The zero-order valence-electron chi connectivity index (χ0n) is 10.2. The normalized spacial score (nSPS) is 10.7. The molecule has 1 amide bonds. The van der Waals surface area contributed by atoms with E-state index < -0.39 is 11.9 Å². The molecule has 2 aromatic rings. The number of nitrogens with one attached hydrogen (secondary N) is 1. The highest BCUT2D eigenvalue weighted by molar-refractivity contribution is 5.94. The summed E-state index contributed by atoms with van der Waals surface area (Å²) >= 11 is 0. The number of carboxylic acid groups (broad SMARTS) is 1. The molecule has 0 aliphatic rings. The number of fused-ring (bicyclic) bond motifs is 1. The summed E-state index contributed by atoms with van der Waals surface area (Å²) in [6.07, 6.45) is 1.83. The van der Waals surface area contributed by atoms with Crippen LogP contribution < -0.4 is 5.32 Å². The summed E-state index contributed by atoms with van der Waals surface area (Å²) in [6, 6.07) is 13.8. The molecule has 0 spiro atoms. The van der Waals surface area contributed by atoms with E-state index in [0.717, 1.165) is 28.5 Å².